The maximum absolute atomic E-state index is 14.0. The number of amides is 3. The van der Waals surface area contributed by atoms with Crippen molar-refractivity contribution in [1.82, 2.24) is 15.5 Å². The van der Waals surface area contributed by atoms with Crippen LogP contribution in [0.4, 0.5) is 0 Å². The minimum Gasteiger partial charge on any atom is -0.394 e. The highest BCUT2D eigenvalue weighted by Gasteiger charge is 2.76. The lowest BCUT2D eigenvalue weighted by molar-refractivity contribution is -0.143. The van der Waals surface area contributed by atoms with Crippen molar-refractivity contribution >= 4 is 45.4 Å². The molecule has 3 saturated heterocycles. The average molecular weight is 524 g/mol. The second-order valence-corrected chi connectivity index (χ2v) is 12.6. The maximum atomic E-state index is 14.0. The highest BCUT2D eigenvalue weighted by molar-refractivity contribution is 9.09. The second kappa shape index (κ2) is 8.33. The topological polar surface area (TPSA) is 98.7 Å². The van der Waals surface area contributed by atoms with Crippen LogP contribution in [0.2, 0.25) is 0 Å². The fourth-order valence-electron chi connectivity index (χ4n) is 5.64. The third-order valence-electron chi connectivity index (χ3n) is 6.72. The van der Waals surface area contributed by atoms with Gasteiger partial charge < -0.3 is 20.6 Å². The number of nitrogens with one attached hydrogen (secondary N) is 2. The van der Waals surface area contributed by atoms with Crippen LogP contribution in [0.5, 0.6) is 0 Å². The van der Waals surface area contributed by atoms with Gasteiger partial charge >= 0.3 is 0 Å². The van der Waals surface area contributed by atoms with Crippen LogP contribution in [0.15, 0.2) is 30.3 Å². The summed E-state index contributed by atoms with van der Waals surface area (Å²) < 4.78 is -0.732. The summed E-state index contributed by atoms with van der Waals surface area (Å²) in [7, 11) is 1.58. The van der Waals surface area contributed by atoms with E-state index in [1.165, 1.54) is 0 Å². The summed E-state index contributed by atoms with van der Waals surface area (Å²) in [6.07, 6.45) is 0.609. The van der Waals surface area contributed by atoms with Crippen molar-refractivity contribution < 1.29 is 19.5 Å². The summed E-state index contributed by atoms with van der Waals surface area (Å²) in [6, 6.07) is 7.82. The van der Waals surface area contributed by atoms with E-state index < -0.39 is 34.2 Å². The van der Waals surface area contributed by atoms with Crippen LogP contribution in [0, 0.1) is 11.8 Å². The Kier molecular flexibility index (Phi) is 6.13. The van der Waals surface area contributed by atoms with Crippen LogP contribution in [0.25, 0.3) is 0 Å². The van der Waals surface area contributed by atoms with E-state index in [0.717, 1.165) is 5.56 Å². The van der Waals surface area contributed by atoms with Gasteiger partial charge in [-0.05, 0) is 32.8 Å². The van der Waals surface area contributed by atoms with E-state index >= 15 is 0 Å². The van der Waals surface area contributed by atoms with Gasteiger partial charge in [0, 0.05) is 22.7 Å². The molecule has 0 aliphatic carbocycles. The summed E-state index contributed by atoms with van der Waals surface area (Å²) in [5.74, 6) is -1.79. The predicted molar refractivity (Wildman–Crippen MR) is 127 cm³/mol. The number of halogens is 1. The van der Waals surface area contributed by atoms with Crippen LogP contribution in [-0.2, 0) is 14.4 Å². The number of thioether (sulfide) groups is 1. The largest absolute Gasteiger partial charge is 0.394 e. The molecule has 2 bridgehead atoms. The summed E-state index contributed by atoms with van der Waals surface area (Å²) >= 11 is 5.32. The SMILES string of the molecule is CNC(=O)[C@H]1[C@@H]2SC3(CC2Br)C(C(=O)NC(C)(C)C)N([C@H](CO)c2ccccc2)C(=O)[C@H]13. The molecule has 0 aromatic heterocycles. The molecule has 4 rings (SSSR count). The number of benzene rings is 1. The first-order chi connectivity index (χ1) is 15.1. The van der Waals surface area contributed by atoms with E-state index in [0.29, 0.717) is 6.42 Å². The fraction of sp³-hybridized carbons (Fsp3) is 0.609. The Labute approximate surface area is 201 Å². The molecular weight excluding hydrogens is 494 g/mol. The molecule has 3 amide bonds. The lowest BCUT2D eigenvalue weighted by Gasteiger charge is -2.39. The fourth-order valence-corrected chi connectivity index (χ4v) is 9.24. The number of hydrogen-bond donors (Lipinski definition) is 3. The Balaban J connectivity index is 1.85. The molecule has 1 spiro atoms. The minimum absolute atomic E-state index is 0.0213. The number of likely N-dealkylation sites (tertiary alicyclic amines) is 1. The normalized spacial score (nSPS) is 34.4. The molecule has 3 aliphatic rings. The number of carbonyl (C=O) groups excluding carboxylic acids is 3. The Hall–Kier alpha value is -1.58. The molecule has 9 heteroatoms. The van der Waals surface area contributed by atoms with Crippen LogP contribution in [0.3, 0.4) is 0 Å². The third-order valence-corrected chi connectivity index (χ3v) is 9.94. The van der Waals surface area contributed by atoms with Crippen molar-refractivity contribution in [3.05, 3.63) is 35.9 Å². The van der Waals surface area contributed by atoms with Crippen molar-refractivity contribution in [3.63, 3.8) is 0 Å². The van der Waals surface area contributed by atoms with Crippen molar-refractivity contribution in [3.8, 4) is 0 Å². The number of fused-ring (bicyclic) bond motifs is 1. The first-order valence-corrected chi connectivity index (χ1v) is 12.7. The van der Waals surface area contributed by atoms with Gasteiger partial charge in [-0.15, -0.1) is 11.8 Å². The van der Waals surface area contributed by atoms with Crippen molar-refractivity contribution in [2.45, 2.75) is 59.6 Å². The zero-order chi connectivity index (χ0) is 23.4. The summed E-state index contributed by atoms with van der Waals surface area (Å²) in [5.41, 5.74) is 0.275. The smallest absolute Gasteiger partial charge is 0.244 e. The Bertz CT molecular complexity index is 924. The van der Waals surface area contributed by atoms with E-state index in [1.807, 2.05) is 51.1 Å². The molecule has 3 N–H and O–H groups in total. The summed E-state index contributed by atoms with van der Waals surface area (Å²) in [4.78, 5) is 42.2. The van der Waals surface area contributed by atoms with Gasteiger partial charge in [0.05, 0.1) is 29.2 Å². The maximum Gasteiger partial charge on any atom is 0.244 e. The molecular formula is C23H30BrN3O4S. The summed E-state index contributed by atoms with van der Waals surface area (Å²) in [5, 5.41) is 16.1. The number of nitrogens with zero attached hydrogens (tertiary/aromatic N) is 1. The van der Waals surface area contributed by atoms with E-state index in [-0.39, 0.29) is 34.4 Å². The van der Waals surface area contributed by atoms with Crippen molar-refractivity contribution in [2.75, 3.05) is 13.7 Å². The van der Waals surface area contributed by atoms with Gasteiger partial charge in [-0.25, -0.2) is 0 Å². The van der Waals surface area contributed by atoms with Gasteiger partial charge in [0.1, 0.15) is 6.04 Å². The molecule has 3 unspecified atom stereocenters. The van der Waals surface area contributed by atoms with Gasteiger partial charge in [-0.2, -0.15) is 0 Å². The zero-order valence-corrected chi connectivity index (χ0v) is 21.1. The molecule has 3 fully saturated rings. The minimum atomic E-state index is -0.790. The second-order valence-electron chi connectivity index (χ2n) is 9.87. The van der Waals surface area contributed by atoms with Gasteiger partial charge in [0.25, 0.3) is 0 Å². The van der Waals surface area contributed by atoms with Crippen LogP contribution in [-0.4, -0.2) is 67.8 Å². The molecule has 7 atom stereocenters. The number of aliphatic hydroxyl groups is 1. The van der Waals surface area contributed by atoms with Gasteiger partial charge in [-0.3, -0.25) is 14.4 Å². The highest BCUT2D eigenvalue weighted by Crippen LogP contribution is 2.68. The van der Waals surface area contributed by atoms with Crippen LogP contribution >= 0.6 is 27.7 Å². The molecule has 3 aliphatic heterocycles. The first kappa shape index (κ1) is 23.6. The standard InChI is InChI=1S/C23H30BrN3O4S/c1-22(2,3)26-20(30)18-23-10-13(24)17(32-23)15(19(29)25-4)16(23)21(31)27(18)14(11-28)12-8-6-5-7-9-12/h5-9,13-18,28H,10-11H2,1-4H3,(H,25,29)(H,26,30)/t13?,14-,15-,16+,17-,18?,23?/m1/s1. The molecule has 0 saturated carbocycles. The predicted octanol–water partition coefficient (Wildman–Crippen LogP) is 1.85. The quantitative estimate of drug-likeness (QED) is 0.511. The molecule has 1 aromatic rings. The Morgan fingerprint density at radius 3 is 2.50 bits per heavy atom. The molecule has 7 nitrogen and oxygen atoms in total. The van der Waals surface area contributed by atoms with Gasteiger partial charge in [0.2, 0.25) is 17.7 Å². The summed E-state index contributed by atoms with van der Waals surface area (Å²) in [6.45, 7) is 5.40. The van der Waals surface area contributed by atoms with Crippen LogP contribution in [0.1, 0.15) is 38.8 Å². The van der Waals surface area contributed by atoms with Gasteiger partial charge in [0.15, 0.2) is 0 Å². The molecule has 1 aromatic carbocycles. The number of rotatable bonds is 5. The lowest BCUT2D eigenvalue weighted by atomic mass is 9.70. The molecule has 0 radical (unpaired) electrons. The number of aliphatic hydroxyl groups excluding tert-OH is 1. The van der Waals surface area contributed by atoms with Crippen LogP contribution < -0.4 is 10.6 Å². The molecule has 3 heterocycles. The highest BCUT2D eigenvalue weighted by atomic mass is 79.9. The van der Waals surface area contributed by atoms with E-state index in [9.17, 15) is 19.5 Å². The lowest BCUT2D eigenvalue weighted by Crippen LogP contribution is -2.58. The van der Waals surface area contributed by atoms with Crippen molar-refractivity contribution in [2.24, 2.45) is 11.8 Å². The first-order valence-electron chi connectivity index (χ1n) is 10.9. The number of hydrogen-bond acceptors (Lipinski definition) is 5. The van der Waals surface area contributed by atoms with Crippen molar-refractivity contribution in [1.29, 1.82) is 0 Å². The number of carbonyl (C=O) groups is 3. The average Bonchev–Trinajstić information content (AvgIpc) is 3.31. The van der Waals surface area contributed by atoms with E-state index in [1.54, 1.807) is 23.7 Å². The zero-order valence-electron chi connectivity index (χ0n) is 18.7. The Morgan fingerprint density at radius 2 is 1.94 bits per heavy atom. The Morgan fingerprint density at radius 1 is 1.28 bits per heavy atom. The van der Waals surface area contributed by atoms with E-state index in [4.69, 9.17) is 0 Å². The van der Waals surface area contributed by atoms with E-state index in [2.05, 4.69) is 26.6 Å². The monoisotopic (exact) mass is 523 g/mol. The number of alkyl halides is 1. The van der Waals surface area contributed by atoms with Gasteiger partial charge in [-0.1, -0.05) is 46.3 Å². The molecule has 32 heavy (non-hydrogen) atoms. The molecule has 174 valence electrons. The third kappa shape index (κ3) is 3.56.